The van der Waals surface area contributed by atoms with Crippen LogP contribution in [-0.4, -0.2) is 33.1 Å². The van der Waals surface area contributed by atoms with Gasteiger partial charge in [0.1, 0.15) is 0 Å². The second-order valence-corrected chi connectivity index (χ2v) is 6.42. The van der Waals surface area contributed by atoms with E-state index >= 15 is 0 Å². The van der Waals surface area contributed by atoms with Crippen molar-refractivity contribution < 1.29 is 26.3 Å². The third-order valence-electron chi connectivity index (χ3n) is 2.30. The average molecular weight is 326 g/mol. The van der Waals surface area contributed by atoms with Crippen molar-refractivity contribution in [3.63, 3.8) is 0 Å². The fraction of sp³-hybridized carbons (Fsp3) is 0.500. The fourth-order valence-electron chi connectivity index (χ4n) is 1.47. The third-order valence-corrected chi connectivity index (χ3v) is 3.57. The third kappa shape index (κ3) is 7.19. The van der Waals surface area contributed by atoms with Crippen molar-refractivity contribution in [2.45, 2.75) is 26.3 Å². The number of hydrogen-bond donors (Lipinski definition) is 2. The number of anilines is 1. The Morgan fingerprint density at radius 2 is 1.86 bits per heavy atom. The summed E-state index contributed by atoms with van der Waals surface area (Å²) in [6.07, 6.45) is -4.89. The van der Waals surface area contributed by atoms with Crippen molar-refractivity contribution in [1.29, 1.82) is 0 Å². The molecule has 2 N–H and O–H groups in total. The summed E-state index contributed by atoms with van der Waals surface area (Å²) in [6.45, 7) is 3.90. The molecule has 0 bridgehead atoms. The van der Waals surface area contributed by atoms with E-state index in [0.29, 0.717) is 0 Å². The van der Waals surface area contributed by atoms with Crippen LogP contribution in [-0.2, 0) is 10.0 Å². The molecule has 0 saturated carbocycles. The van der Waals surface area contributed by atoms with Crippen molar-refractivity contribution in [3.8, 4) is 5.75 Å². The summed E-state index contributed by atoms with van der Waals surface area (Å²) in [4.78, 5) is 0. The first-order valence-corrected chi connectivity index (χ1v) is 7.83. The van der Waals surface area contributed by atoms with Crippen LogP contribution in [0.25, 0.3) is 0 Å². The molecule has 0 heterocycles. The standard InChI is InChI=1S/C12H17F3N2O3S/c1-9(2)16-7-8-21(18,19)17-10-5-3-4-6-11(10)20-12(13,14)15/h3-6,9,16-17H,7-8H2,1-2H3. The van der Waals surface area contributed by atoms with Gasteiger partial charge < -0.3 is 10.1 Å². The topological polar surface area (TPSA) is 67.4 Å². The molecule has 0 amide bonds. The van der Waals surface area contributed by atoms with E-state index in [0.717, 1.165) is 6.07 Å². The highest BCUT2D eigenvalue weighted by Gasteiger charge is 2.32. The van der Waals surface area contributed by atoms with E-state index in [1.54, 1.807) is 0 Å². The summed E-state index contributed by atoms with van der Waals surface area (Å²) >= 11 is 0. The smallest absolute Gasteiger partial charge is 0.404 e. The van der Waals surface area contributed by atoms with Gasteiger partial charge in [0, 0.05) is 12.6 Å². The van der Waals surface area contributed by atoms with Gasteiger partial charge in [0.25, 0.3) is 0 Å². The fourth-order valence-corrected chi connectivity index (χ4v) is 2.46. The van der Waals surface area contributed by atoms with Crippen LogP contribution >= 0.6 is 0 Å². The Morgan fingerprint density at radius 1 is 1.24 bits per heavy atom. The first-order valence-electron chi connectivity index (χ1n) is 6.18. The second-order valence-electron chi connectivity index (χ2n) is 4.57. The van der Waals surface area contributed by atoms with Gasteiger partial charge >= 0.3 is 6.36 Å². The quantitative estimate of drug-likeness (QED) is 0.807. The van der Waals surface area contributed by atoms with Gasteiger partial charge in [-0.15, -0.1) is 13.2 Å². The molecule has 0 unspecified atom stereocenters. The molecule has 21 heavy (non-hydrogen) atoms. The molecule has 0 fully saturated rings. The number of para-hydroxylation sites is 2. The molecule has 1 rings (SSSR count). The van der Waals surface area contributed by atoms with E-state index in [-0.39, 0.29) is 24.0 Å². The van der Waals surface area contributed by atoms with E-state index in [4.69, 9.17) is 0 Å². The predicted molar refractivity (Wildman–Crippen MR) is 73.7 cm³/mol. The van der Waals surface area contributed by atoms with Crippen LogP contribution in [0.2, 0.25) is 0 Å². The van der Waals surface area contributed by atoms with E-state index in [9.17, 15) is 21.6 Å². The minimum Gasteiger partial charge on any atom is -0.404 e. The number of hydrogen-bond acceptors (Lipinski definition) is 4. The van der Waals surface area contributed by atoms with Crippen LogP contribution in [0.1, 0.15) is 13.8 Å². The van der Waals surface area contributed by atoms with E-state index < -0.39 is 22.1 Å². The highest BCUT2D eigenvalue weighted by Crippen LogP contribution is 2.30. The first kappa shape index (κ1) is 17.6. The van der Waals surface area contributed by atoms with Gasteiger partial charge in [0.15, 0.2) is 5.75 Å². The molecule has 0 atom stereocenters. The molecular weight excluding hydrogens is 309 g/mol. The van der Waals surface area contributed by atoms with E-state index in [1.807, 2.05) is 13.8 Å². The van der Waals surface area contributed by atoms with Gasteiger partial charge in [-0.2, -0.15) is 0 Å². The molecule has 0 radical (unpaired) electrons. The van der Waals surface area contributed by atoms with Crippen molar-refractivity contribution in [1.82, 2.24) is 5.32 Å². The summed E-state index contributed by atoms with van der Waals surface area (Å²) in [5.41, 5.74) is -0.251. The lowest BCUT2D eigenvalue weighted by molar-refractivity contribution is -0.274. The Bertz CT molecular complexity index is 559. The normalized spacial score (nSPS) is 12.5. The van der Waals surface area contributed by atoms with Gasteiger partial charge in [-0.25, -0.2) is 8.42 Å². The molecule has 0 aliphatic carbocycles. The van der Waals surface area contributed by atoms with E-state index in [2.05, 4.69) is 14.8 Å². The van der Waals surface area contributed by atoms with Crippen LogP contribution in [0.3, 0.4) is 0 Å². The molecule has 0 aliphatic heterocycles. The summed E-state index contributed by atoms with van der Waals surface area (Å²) in [5.74, 6) is -0.851. The maximum absolute atomic E-state index is 12.2. The highest BCUT2D eigenvalue weighted by atomic mass is 32.2. The molecular formula is C12H17F3N2O3S. The number of ether oxygens (including phenoxy) is 1. The molecule has 5 nitrogen and oxygen atoms in total. The first-order chi connectivity index (χ1) is 9.59. The van der Waals surface area contributed by atoms with Gasteiger partial charge in [-0.3, -0.25) is 4.72 Å². The molecule has 120 valence electrons. The Labute approximate surface area is 121 Å². The number of nitrogens with one attached hydrogen (secondary N) is 2. The van der Waals surface area contributed by atoms with Gasteiger partial charge in [-0.05, 0) is 12.1 Å². The largest absolute Gasteiger partial charge is 0.573 e. The summed E-state index contributed by atoms with van der Waals surface area (Å²) in [6, 6.07) is 5.08. The van der Waals surface area contributed by atoms with Crippen LogP contribution in [0.4, 0.5) is 18.9 Å². The monoisotopic (exact) mass is 326 g/mol. The molecule has 1 aromatic rings. The van der Waals surface area contributed by atoms with Crippen LogP contribution in [0.5, 0.6) is 5.75 Å². The van der Waals surface area contributed by atoms with Gasteiger partial charge in [0.2, 0.25) is 10.0 Å². The lowest BCUT2D eigenvalue weighted by Crippen LogP contribution is -2.31. The minimum atomic E-state index is -4.89. The lowest BCUT2D eigenvalue weighted by Gasteiger charge is -2.15. The Morgan fingerprint density at radius 3 is 2.43 bits per heavy atom. The van der Waals surface area contributed by atoms with Crippen LogP contribution < -0.4 is 14.8 Å². The zero-order valence-electron chi connectivity index (χ0n) is 11.6. The molecule has 0 saturated heterocycles. The Balaban J connectivity index is 2.78. The minimum absolute atomic E-state index is 0.112. The van der Waals surface area contributed by atoms with E-state index in [1.165, 1.54) is 18.2 Å². The predicted octanol–water partition coefficient (Wildman–Crippen LogP) is 2.32. The maximum Gasteiger partial charge on any atom is 0.573 e. The van der Waals surface area contributed by atoms with Crippen molar-refractivity contribution in [2.24, 2.45) is 0 Å². The zero-order chi connectivity index (χ0) is 16.1. The van der Waals surface area contributed by atoms with Crippen molar-refractivity contribution >= 4 is 15.7 Å². The summed E-state index contributed by atoms with van der Waals surface area (Å²) in [5, 5.41) is 2.91. The lowest BCUT2D eigenvalue weighted by atomic mass is 10.3. The molecule has 9 heteroatoms. The van der Waals surface area contributed by atoms with Crippen molar-refractivity contribution in [3.05, 3.63) is 24.3 Å². The Hall–Kier alpha value is -1.48. The number of rotatable bonds is 7. The zero-order valence-corrected chi connectivity index (χ0v) is 12.4. The molecule has 1 aromatic carbocycles. The van der Waals surface area contributed by atoms with Crippen LogP contribution in [0, 0.1) is 0 Å². The van der Waals surface area contributed by atoms with Crippen LogP contribution in [0.15, 0.2) is 24.3 Å². The second kappa shape index (κ2) is 6.99. The van der Waals surface area contributed by atoms with Gasteiger partial charge in [-0.1, -0.05) is 26.0 Å². The number of sulfonamides is 1. The summed E-state index contributed by atoms with van der Waals surface area (Å²) in [7, 11) is -3.77. The molecule has 0 aromatic heterocycles. The Kier molecular flexibility index (Phi) is 5.85. The highest BCUT2D eigenvalue weighted by molar-refractivity contribution is 7.92. The number of alkyl halides is 3. The molecule has 0 spiro atoms. The maximum atomic E-state index is 12.2. The number of halogens is 3. The van der Waals surface area contributed by atoms with Crippen molar-refractivity contribution in [2.75, 3.05) is 17.0 Å². The molecule has 0 aliphatic rings. The average Bonchev–Trinajstić information content (AvgIpc) is 2.28. The number of benzene rings is 1. The SMILES string of the molecule is CC(C)NCCS(=O)(=O)Nc1ccccc1OC(F)(F)F. The summed E-state index contributed by atoms with van der Waals surface area (Å²) < 4.78 is 66.2. The van der Waals surface area contributed by atoms with Gasteiger partial charge in [0.05, 0.1) is 11.4 Å².